The SMILES string of the molecule is COc1cncc(/C=C/C[C@@H](NC(=O)OC(C)(C)C)C(C)C)c1. The second-order valence-corrected chi connectivity index (χ2v) is 6.79. The van der Waals surface area contributed by atoms with Crippen LogP contribution in [0.4, 0.5) is 4.79 Å². The van der Waals surface area contributed by atoms with E-state index in [4.69, 9.17) is 9.47 Å². The average molecular weight is 320 g/mol. The molecule has 0 unspecified atom stereocenters. The summed E-state index contributed by atoms with van der Waals surface area (Å²) in [6.07, 6.45) is 7.77. The number of aromatic nitrogens is 1. The maximum absolute atomic E-state index is 11.9. The summed E-state index contributed by atoms with van der Waals surface area (Å²) in [5, 5.41) is 2.93. The molecule has 0 bridgehead atoms. The Labute approximate surface area is 139 Å². The second-order valence-electron chi connectivity index (χ2n) is 6.79. The first-order chi connectivity index (χ1) is 10.7. The zero-order chi connectivity index (χ0) is 17.5. The number of hydrogen-bond donors (Lipinski definition) is 1. The van der Waals surface area contributed by atoms with Crippen LogP contribution in [-0.4, -0.2) is 29.8 Å². The van der Waals surface area contributed by atoms with Gasteiger partial charge in [0.25, 0.3) is 0 Å². The molecule has 0 aliphatic carbocycles. The van der Waals surface area contributed by atoms with Crippen LogP contribution in [-0.2, 0) is 4.74 Å². The van der Waals surface area contributed by atoms with Crippen LogP contribution in [0.5, 0.6) is 5.75 Å². The molecule has 1 amide bonds. The normalized spacial score (nSPS) is 13.2. The molecule has 0 saturated heterocycles. The molecule has 0 radical (unpaired) electrons. The van der Waals surface area contributed by atoms with E-state index in [1.807, 2.05) is 39.0 Å². The third-order valence-electron chi connectivity index (χ3n) is 3.18. The molecule has 1 aromatic rings. The van der Waals surface area contributed by atoms with Crippen LogP contribution in [0.15, 0.2) is 24.5 Å². The number of amides is 1. The van der Waals surface area contributed by atoms with Crippen LogP contribution in [0, 0.1) is 5.92 Å². The van der Waals surface area contributed by atoms with Crippen molar-refractivity contribution in [3.05, 3.63) is 30.1 Å². The van der Waals surface area contributed by atoms with E-state index >= 15 is 0 Å². The number of nitrogens with one attached hydrogen (secondary N) is 1. The Morgan fingerprint density at radius 2 is 2.04 bits per heavy atom. The molecule has 0 aromatic carbocycles. The van der Waals surface area contributed by atoms with Gasteiger partial charge in [-0.05, 0) is 44.7 Å². The fourth-order valence-electron chi connectivity index (χ4n) is 1.95. The molecule has 0 aliphatic rings. The van der Waals surface area contributed by atoms with Gasteiger partial charge in [0.05, 0.1) is 13.3 Å². The van der Waals surface area contributed by atoms with E-state index in [2.05, 4.69) is 24.1 Å². The summed E-state index contributed by atoms with van der Waals surface area (Å²) >= 11 is 0. The Morgan fingerprint density at radius 3 is 2.61 bits per heavy atom. The number of carbonyl (C=O) groups excluding carboxylic acids is 1. The zero-order valence-corrected chi connectivity index (χ0v) is 14.9. The highest BCUT2D eigenvalue weighted by Gasteiger charge is 2.20. The van der Waals surface area contributed by atoms with Gasteiger partial charge >= 0.3 is 6.09 Å². The molecule has 0 aliphatic heterocycles. The van der Waals surface area contributed by atoms with Crippen LogP contribution >= 0.6 is 0 Å². The topological polar surface area (TPSA) is 60.5 Å². The molecular formula is C18H28N2O3. The van der Waals surface area contributed by atoms with Crippen LogP contribution in [0.2, 0.25) is 0 Å². The van der Waals surface area contributed by atoms with Gasteiger partial charge in [0.1, 0.15) is 11.4 Å². The quantitative estimate of drug-likeness (QED) is 0.859. The first-order valence-corrected chi connectivity index (χ1v) is 7.86. The van der Waals surface area contributed by atoms with Crippen molar-refractivity contribution in [1.82, 2.24) is 10.3 Å². The van der Waals surface area contributed by atoms with Crippen molar-refractivity contribution in [2.24, 2.45) is 5.92 Å². The highest BCUT2D eigenvalue weighted by molar-refractivity contribution is 5.68. The van der Waals surface area contributed by atoms with Gasteiger partial charge in [0.15, 0.2) is 0 Å². The van der Waals surface area contributed by atoms with Gasteiger partial charge in [-0.2, -0.15) is 0 Å². The third kappa shape index (κ3) is 7.68. The van der Waals surface area contributed by atoms with Gasteiger partial charge in [0.2, 0.25) is 0 Å². The molecule has 0 saturated carbocycles. The van der Waals surface area contributed by atoms with Gasteiger partial charge in [0, 0.05) is 12.2 Å². The van der Waals surface area contributed by atoms with Crippen LogP contribution in [0.1, 0.15) is 46.6 Å². The third-order valence-corrected chi connectivity index (χ3v) is 3.18. The number of ether oxygens (including phenoxy) is 2. The van der Waals surface area contributed by atoms with Gasteiger partial charge < -0.3 is 14.8 Å². The molecular weight excluding hydrogens is 292 g/mol. The first-order valence-electron chi connectivity index (χ1n) is 7.86. The number of carbonyl (C=O) groups is 1. The highest BCUT2D eigenvalue weighted by Crippen LogP contribution is 2.14. The van der Waals surface area contributed by atoms with Gasteiger partial charge in [-0.3, -0.25) is 4.98 Å². The fourth-order valence-corrected chi connectivity index (χ4v) is 1.95. The Balaban J connectivity index is 2.62. The number of nitrogens with zero attached hydrogens (tertiary/aromatic N) is 1. The van der Waals surface area contributed by atoms with E-state index in [-0.39, 0.29) is 12.1 Å². The maximum Gasteiger partial charge on any atom is 0.407 e. The highest BCUT2D eigenvalue weighted by atomic mass is 16.6. The van der Waals surface area contributed by atoms with E-state index in [9.17, 15) is 4.79 Å². The molecule has 128 valence electrons. The van der Waals surface area contributed by atoms with E-state index < -0.39 is 5.60 Å². The van der Waals surface area contributed by atoms with Crippen LogP contribution in [0.25, 0.3) is 6.08 Å². The van der Waals surface area contributed by atoms with Gasteiger partial charge in [-0.1, -0.05) is 26.0 Å². The molecule has 1 aromatic heterocycles. The van der Waals surface area contributed by atoms with E-state index in [1.54, 1.807) is 19.5 Å². The van der Waals surface area contributed by atoms with E-state index in [1.165, 1.54) is 0 Å². The van der Waals surface area contributed by atoms with Crippen LogP contribution in [0.3, 0.4) is 0 Å². The summed E-state index contributed by atoms with van der Waals surface area (Å²) in [6, 6.07) is 1.93. The number of methoxy groups -OCH3 is 1. The maximum atomic E-state index is 11.9. The Morgan fingerprint density at radius 1 is 1.35 bits per heavy atom. The summed E-state index contributed by atoms with van der Waals surface area (Å²) in [4.78, 5) is 16.0. The molecule has 1 heterocycles. The molecule has 5 heteroatoms. The molecule has 1 rings (SSSR count). The monoisotopic (exact) mass is 320 g/mol. The lowest BCUT2D eigenvalue weighted by Crippen LogP contribution is -2.41. The summed E-state index contributed by atoms with van der Waals surface area (Å²) < 4.78 is 10.5. The lowest BCUT2D eigenvalue weighted by molar-refractivity contribution is 0.0491. The minimum absolute atomic E-state index is 0.0136. The Hall–Kier alpha value is -2.04. The van der Waals surface area contributed by atoms with E-state index in [0.717, 1.165) is 11.3 Å². The fraction of sp³-hybridized carbons (Fsp3) is 0.556. The molecule has 1 atom stereocenters. The van der Waals surface area contributed by atoms with Crippen molar-refractivity contribution in [3.8, 4) is 5.75 Å². The standard InChI is InChI=1S/C18H28N2O3/c1-13(2)16(20-17(21)23-18(3,4)5)9-7-8-14-10-15(22-6)12-19-11-14/h7-8,10-13,16H,9H2,1-6H3,(H,20,21)/b8-7+/t16-/m1/s1. The number of rotatable bonds is 6. The number of pyridine rings is 1. The molecule has 0 fully saturated rings. The first kappa shape index (κ1) is 19.0. The van der Waals surface area contributed by atoms with Crippen molar-refractivity contribution >= 4 is 12.2 Å². The molecule has 23 heavy (non-hydrogen) atoms. The molecule has 1 N–H and O–H groups in total. The van der Waals surface area contributed by atoms with Gasteiger partial charge in [-0.25, -0.2) is 4.79 Å². The lowest BCUT2D eigenvalue weighted by Gasteiger charge is -2.25. The predicted octanol–water partition coefficient (Wildman–Crippen LogP) is 4.04. The lowest BCUT2D eigenvalue weighted by atomic mass is 10.0. The number of hydrogen-bond acceptors (Lipinski definition) is 4. The van der Waals surface area contributed by atoms with Crippen molar-refractivity contribution in [2.45, 2.75) is 52.7 Å². The minimum Gasteiger partial charge on any atom is -0.495 e. The number of alkyl carbamates (subject to hydrolysis) is 1. The zero-order valence-electron chi connectivity index (χ0n) is 14.9. The van der Waals surface area contributed by atoms with E-state index in [0.29, 0.717) is 12.3 Å². The van der Waals surface area contributed by atoms with Crippen molar-refractivity contribution in [2.75, 3.05) is 7.11 Å². The smallest absolute Gasteiger partial charge is 0.407 e. The Kier molecular flexibility index (Phi) is 7.07. The van der Waals surface area contributed by atoms with Crippen LogP contribution < -0.4 is 10.1 Å². The minimum atomic E-state index is -0.492. The Bertz CT molecular complexity index is 533. The van der Waals surface area contributed by atoms with Crippen molar-refractivity contribution < 1.29 is 14.3 Å². The predicted molar refractivity (Wildman–Crippen MR) is 92.4 cm³/mol. The van der Waals surface area contributed by atoms with Gasteiger partial charge in [-0.15, -0.1) is 0 Å². The average Bonchev–Trinajstić information content (AvgIpc) is 2.44. The second kappa shape index (κ2) is 8.56. The van der Waals surface area contributed by atoms with Crippen molar-refractivity contribution in [1.29, 1.82) is 0 Å². The summed E-state index contributed by atoms with van der Waals surface area (Å²) in [5.41, 5.74) is 0.470. The molecule has 0 spiro atoms. The summed E-state index contributed by atoms with van der Waals surface area (Å²) in [6.45, 7) is 9.71. The summed E-state index contributed by atoms with van der Waals surface area (Å²) in [7, 11) is 1.62. The van der Waals surface area contributed by atoms with Crippen molar-refractivity contribution in [3.63, 3.8) is 0 Å². The largest absolute Gasteiger partial charge is 0.495 e. The molecule has 5 nitrogen and oxygen atoms in total. The summed E-state index contributed by atoms with van der Waals surface area (Å²) in [5.74, 6) is 1.02.